The fraction of sp³-hybridized carbons (Fsp3) is 0.273. The summed E-state index contributed by atoms with van der Waals surface area (Å²) in [5.41, 5.74) is 1.84. The lowest BCUT2D eigenvalue weighted by atomic mass is 10.2. The molecule has 0 unspecified atom stereocenters. The third-order valence-corrected chi connectivity index (χ3v) is 3.02. The summed E-state index contributed by atoms with van der Waals surface area (Å²) in [4.78, 5) is 0. The maximum atomic E-state index is 13.1. The zero-order valence-corrected chi connectivity index (χ0v) is 9.40. The summed E-state index contributed by atoms with van der Waals surface area (Å²) in [6.45, 7) is 0.682. The number of benzene rings is 1. The lowest BCUT2D eigenvalue weighted by molar-refractivity contribution is 0.629. The normalized spacial score (nSPS) is 11.2. The molecule has 0 aliphatic carbocycles. The van der Waals surface area contributed by atoms with Gasteiger partial charge in [-0.25, -0.2) is 4.39 Å². The van der Waals surface area contributed by atoms with E-state index in [2.05, 4.69) is 5.32 Å². The highest BCUT2D eigenvalue weighted by Gasteiger charge is 2.12. The fourth-order valence-corrected chi connectivity index (χ4v) is 2.06. The minimum absolute atomic E-state index is 0.240. The molecule has 0 saturated carbocycles. The van der Waals surface area contributed by atoms with Crippen molar-refractivity contribution in [1.82, 2.24) is 9.88 Å². The first-order valence-corrected chi connectivity index (χ1v) is 5.10. The van der Waals surface area contributed by atoms with E-state index in [0.717, 1.165) is 16.5 Å². The van der Waals surface area contributed by atoms with Gasteiger partial charge < -0.3 is 9.88 Å². The van der Waals surface area contributed by atoms with Crippen molar-refractivity contribution in [2.75, 3.05) is 7.05 Å². The summed E-state index contributed by atoms with van der Waals surface area (Å²) < 4.78 is 14.9. The van der Waals surface area contributed by atoms with Gasteiger partial charge in [0.1, 0.15) is 11.0 Å². The van der Waals surface area contributed by atoms with Crippen LogP contribution in [0.25, 0.3) is 10.9 Å². The Labute approximate surface area is 92.6 Å². The predicted octanol–water partition coefficient (Wildman–Crippen LogP) is 2.69. The van der Waals surface area contributed by atoms with Gasteiger partial charge in [0.2, 0.25) is 0 Å². The fourth-order valence-electron chi connectivity index (χ4n) is 1.80. The van der Waals surface area contributed by atoms with Crippen LogP contribution in [-0.2, 0) is 13.6 Å². The van der Waals surface area contributed by atoms with Gasteiger partial charge in [0, 0.05) is 24.5 Å². The number of hydrogen-bond donors (Lipinski definition) is 1. The largest absolute Gasteiger partial charge is 0.334 e. The lowest BCUT2D eigenvalue weighted by Gasteiger charge is -1.98. The molecule has 2 aromatic rings. The third-order valence-electron chi connectivity index (χ3n) is 2.54. The van der Waals surface area contributed by atoms with Crippen LogP contribution in [0.5, 0.6) is 0 Å². The summed E-state index contributed by atoms with van der Waals surface area (Å²) in [7, 11) is 3.70. The predicted molar refractivity (Wildman–Crippen MR) is 60.7 cm³/mol. The Morgan fingerprint density at radius 1 is 1.47 bits per heavy atom. The molecule has 2 nitrogen and oxygen atoms in total. The van der Waals surface area contributed by atoms with Gasteiger partial charge in [-0.15, -0.1) is 0 Å². The number of rotatable bonds is 2. The molecule has 1 N–H and O–H groups in total. The zero-order valence-electron chi connectivity index (χ0n) is 8.64. The minimum atomic E-state index is -0.240. The molecule has 1 heterocycles. The van der Waals surface area contributed by atoms with Crippen LogP contribution in [0.3, 0.4) is 0 Å². The number of nitrogens with zero attached hydrogens (tertiary/aromatic N) is 1. The molecule has 0 saturated heterocycles. The monoisotopic (exact) mass is 226 g/mol. The average molecular weight is 227 g/mol. The van der Waals surface area contributed by atoms with Crippen LogP contribution in [-0.4, -0.2) is 11.6 Å². The molecular formula is C11H12ClFN2. The smallest absolute Gasteiger partial charge is 0.125 e. The number of aryl methyl sites for hydroxylation is 1. The van der Waals surface area contributed by atoms with Crippen LogP contribution >= 0.6 is 11.6 Å². The molecule has 0 amide bonds. The number of fused-ring (bicyclic) bond motifs is 1. The molecule has 0 atom stereocenters. The van der Waals surface area contributed by atoms with Crippen LogP contribution in [0.1, 0.15) is 5.56 Å². The maximum absolute atomic E-state index is 13.1. The van der Waals surface area contributed by atoms with Gasteiger partial charge in [-0.2, -0.15) is 0 Å². The zero-order chi connectivity index (χ0) is 11.0. The molecule has 0 aliphatic rings. The van der Waals surface area contributed by atoms with Gasteiger partial charge >= 0.3 is 0 Å². The van der Waals surface area contributed by atoms with Crippen molar-refractivity contribution in [3.63, 3.8) is 0 Å². The van der Waals surface area contributed by atoms with Crippen molar-refractivity contribution in [2.24, 2.45) is 7.05 Å². The first-order chi connectivity index (χ1) is 7.15. The Kier molecular flexibility index (Phi) is 2.67. The number of halogens is 2. The number of aromatic nitrogens is 1. The number of hydrogen-bond acceptors (Lipinski definition) is 1. The van der Waals surface area contributed by atoms with Gasteiger partial charge in [-0.1, -0.05) is 11.6 Å². The van der Waals surface area contributed by atoms with Crippen LogP contribution < -0.4 is 5.32 Å². The second kappa shape index (κ2) is 3.83. The van der Waals surface area contributed by atoms with Crippen molar-refractivity contribution in [2.45, 2.75) is 6.54 Å². The van der Waals surface area contributed by atoms with E-state index < -0.39 is 0 Å². The van der Waals surface area contributed by atoms with Gasteiger partial charge in [-0.3, -0.25) is 0 Å². The second-order valence-electron chi connectivity index (χ2n) is 3.52. The molecule has 15 heavy (non-hydrogen) atoms. The van der Waals surface area contributed by atoms with Crippen LogP contribution in [0.4, 0.5) is 4.39 Å². The molecule has 0 bridgehead atoms. The minimum Gasteiger partial charge on any atom is -0.334 e. The van der Waals surface area contributed by atoms with Crippen molar-refractivity contribution in [3.05, 3.63) is 34.7 Å². The van der Waals surface area contributed by atoms with Gasteiger partial charge in [0.15, 0.2) is 0 Å². The SMILES string of the molecule is CNCc1c(Cl)n(C)c2cc(F)ccc12. The van der Waals surface area contributed by atoms with E-state index in [0.29, 0.717) is 11.7 Å². The summed E-state index contributed by atoms with van der Waals surface area (Å²) in [5, 5.41) is 4.71. The number of nitrogens with one attached hydrogen (secondary N) is 1. The van der Waals surface area contributed by atoms with E-state index >= 15 is 0 Å². The highest BCUT2D eigenvalue weighted by atomic mass is 35.5. The lowest BCUT2D eigenvalue weighted by Crippen LogP contribution is -2.05. The summed E-state index contributed by atoms with van der Waals surface area (Å²) in [6, 6.07) is 4.72. The van der Waals surface area contributed by atoms with E-state index in [1.807, 2.05) is 14.1 Å². The molecule has 0 spiro atoms. The van der Waals surface area contributed by atoms with Crippen LogP contribution in [0.15, 0.2) is 18.2 Å². The van der Waals surface area contributed by atoms with Crippen molar-refractivity contribution >= 4 is 22.5 Å². The van der Waals surface area contributed by atoms with Gasteiger partial charge in [0.25, 0.3) is 0 Å². The first kappa shape index (κ1) is 10.5. The Morgan fingerprint density at radius 2 is 2.20 bits per heavy atom. The molecular weight excluding hydrogens is 215 g/mol. The second-order valence-corrected chi connectivity index (χ2v) is 3.88. The Balaban J connectivity index is 2.75. The average Bonchev–Trinajstić information content (AvgIpc) is 2.44. The highest BCUT2D eigenvalue weighted by molar-refractivity contribution is 6.32. The van der Waals surface area contributed by atoms with E-state index in [-0.39, 0.29) is 5.82 Å². The maximum Gasteiger partial charge on any atom is 0.125 e. The van der Waals surface area contributed by atoms with Gasteiger partial charge in [0.05, 0.1) is 5.52 Å². The third kappa shape index (κ3) is 1.62. The summed E-state index contributed by atoms with van der Waals surface area (Å²) in [5.74, 6) is -0.240. The Bertz CT molecular complexity index is 505. The van der Waals surface area contributed by atoms with E-state index in [1.165, 1.54) is 12.1 Å². The van der Waals surface area contributed by atoms with Crippen LogP contribution in [0.2, 0.25) is 5.15 Å². The molecule has 0 aliphatic heterocycles. The summed E-state index contributed by atoms with van der Waals surface area (Å²) in [6.07, 6.45) is 0. The van der Waals surface area contributed by atoms with E-state index in [4.69, 9.17) is 11.6 Å². The molecule has 4 heteroatoms. The topological polar surface area (TPSA) is 17.0 Å². The quantitative estimate of drug-likeness (QED) is 0.833. The molecule has 0 fully saturated rings. The standard InChI is InChI=1S/C11H12ClFN2/c1-14-6-9-8-4-3-7(13)5-10(8)15(2)11(9)12/h3-5,14H,6H2,1-2H3. The highest BCUT2D eigenvalue weighted by Crippen LogP contribution is 2.29. The molecule has 0 radical (unpaired) electrons. The molecule has 1 aromatic heterocycles. The Hall–Kier alpha value is -1.06. The summed E-state index contributed by atoms with van der Waals surface area (Å²) >= 11 is 6.17. The molecule has 1 aromatic carbocycles. The Morgan fingerprint density at radius 3 is 2.87 bits per heavy atom. The van der Waals surface area contributed by atoms with E-state index in [1.54, 1.807) is 10.6 Å². The molecule has 2 rings (SSSR count). The van der Waals surface area contributed by atoms with Crippen molar-refractivity contribution < 1.29 is 4.39 Å². The van der Waals surface area contributed by atoms with Crippen LogP contribution in [0, 0.1) is 5.82 Å². The first-order valence-electron chi connectivity index (χ1n) is 4.72. The van der Waals surface area contributed by atoms with Gasteiger partial charge in [-0.05, 0) is 25.2 Å². The van der Waals surface area contributed by atoms with Crippen molar-refractivity contribution in [3.8, 4) is 0 Å². The molecule has 80 valence electrons. The van der Waals surface area contributed by atoms with E-state index in [9.17, 15) is 4.39 Å². The van der Waals surface area contributed by atoms with Crippen molar-refractivity contribution in [1.29, 1.82) is 0 Å².